The van der Waals surface area contributed by atoms with E-state index in [1.807, 2.05) is 12.1 Å². The van der Waals surface area contributed by atoms with E-state index in [-0.39, 0.29) is 0 Å². The van der Waals surface area contributed by atoms with E-state index in [0.717, 1.165) is 24.5 Å². The number of anilines is 1. The average Bonchev–Trinajstić information content (AvgIpc) is 2.30. The summed E-state index contributed by atoms with van der Waals surface area (Å²) in [4.78, 5) is 6.52. The quantitative estimate of drug-likeness (QED) is 0.871. The smallest absolute Gasteiger partial charge is 0.0564 e. The Kier molecular flexibility index (Phi) is 3.73. The van der Waals surface area contributed by atoms with Gasteiger partial charge in [0.25, 0.3) is 0 Å². The van der Waals surface area contributed by atoms with Gasteiger partial charge >= 0.3 is 0 Å². The summed E-state index contributed by atoms with van der Waals surface area (Å²) in [6, 6.07) is 14.1. The van der Waals surface area contributed by atoms with E-state index in [0.29, 0.717) is 0 Å². The molecule has 0 amide bonds. The van der Waals surface area contributed by atoms with E-state index in [9.17, 15) is 0 Å². The Morgan fingerprint density at radius 3 is 2.59 bits per heavy atom. The molecule has 0 aliphatic heterocycles. The van der Waals surface area contributed by atoms with Crippen molar-refractivity contribution in [2.75, 3.05) is 12.8 Å². The molecule has 0 aliphatic rings. The Morgan fingerprint density at radius 2 is 1.88 bits per heavy atom. The predicted molar refractivity (Wildman–Crippen MR) is 70.3 cm³/mol. The lowest BCUT2D eigenvalue weighted by molar-refractivity contribution is 0.315. The number of pyridine rings is 1. The average molecular weight is 227 g/mol. The van der Waals surface area contributed by atoms with Crippen LogP contribution >= 0.6 is 0 Å². The van der Waals surface area contributed by atoms with Gasteiger partial charge in [0.2, 0.25) is 0 Å². The van der Waals surface area contributed by atoms with Crippen molar-refractivity contribution in [3.8, 4) is 0 Å². The van der Waals surface area contributed by atoms with E-state index >= 15 is 0 Å². The molecular weight excluding hydrogens is 210 g/mol. The van der Waals surface area contributed by atoms with E-state index in [1.54, 1.807) is 12.3 Å². The van der Waals surface area contributed by atoms with Gasteiger partial charge in [-0.05, 0) is 24.7 Å². The van der Waals surface area contributed by atoms with Gasteiger partial charge < -0.3 is 5.73 Å². The molecule has 0 aliphatic carbocycles. The summed E-state index contributed by atoms with van der Waals surface area (Å²) in [6.45, 7) is 1.72. The maximum Gasteiger partial charge on any atom is 0.0564 e. The van der Waals surface area contributed by atoms with Crippen LogP contribution < -0.4 is 5.73 Å². The molecule has 0 radical (unpaired) electrons. The number of nitrogen functional groups attached to an aromatic ring is 1. The first-order chi connectivity index (χ1) is 8.24. The number of rotatable bonds is 4. The fourth-order valence-electron chi connectivity index (χ4n) is 1.81. The Balaban J connectivity index is 1.96. The second kappa shape index (κ2) is 5.46. The van der Waals surface area contributed by atoms with Gasteiger partial charge in [-0.3, -0.25) is 9.88 Å². The maximum atomic E-state index is 5.73. The van der Waals surface area contributed by atoms with Gasteiger partial charge in [-0.1, -0.05) is 30.3 Å². The summed E-state index contributed by atoms with van der Waals surface area (Å²) in [5.41, 5.74) is 8.80. The molecule has 2 rings (SSSR count). The summed E-state index contributed by atoms with van der Waals surface area (Å²) in [5, 5.41) is 0. The maximum absolute atomic E-state index is 5.73. The number of benzene rings is 1. The summed E-state index contributed by atoms with van der Waals surface area (Å²) < 4.78 is 0. The number of hydrogen-bond acceptors (Lipinski definition) is 3. The molecule has 3 nitrogen and oxygen atoms in total. The fraction of sp³-hybridized carbons (Fsp3) is 0.214. The van der Waals surface area contributed by atoms with E-state index in [2.05, 4.69) is 41.2 Å². The van der Waals surface area contributed by atoms with Crippen molar-refractivity contribution in [1.29, 1.82) is 0 Å². The lowest BCUT2D eigenvalue weighted by Crippen LogP contribution is -2.17. The van der Waals surface area contributed by atoms with Gasteiger partial charge in [0.15, 0.2) is 0 Å². The summed E-state index contributed by atoms with van der Waals surface area (Å²) in [5.74, 6) is 0. The van der Waals surface area contributed by atoms with Crippen molar-refractivity contribution in [1.82, 2.24) is 9.88 Å². The minimum atomic E-state index is 0.767. The first kappa shape index (κ1) is 11.6. The molecule has 3 heteroatoms. The minimum Gasteiger partial charge on any atom is -0.399 e. The van der Waals surface area contributed by atoms with Gasteiger partial charge in [-0.15, -0.1) is 0 Å². The highest BCUT2D eigenvalue weighted by atomic mass is 15.1. The third kappa shape index (κ3) is 3.57. The highest BCUT2D eigenvalue weighted by molar-refractivity contribution is 5.37. The van der Waals surface area contributed by atoms with Gasteiger partial charge in [0, 0.05) is 25.0 Å². The van der Waals surface area contributed by atoms with Gasteiger partial charge in [0.1, 0.15) is 0 Å². The van der Waals surface area contributed by atoms with Crippen LogP contribution in [0.1, 0.15) is 11.3 Å². The summed E-state index contributed by atoms with van der Waals surface area (Å²) in [6.07, 6.45) is 1.75. The molecule has 0 spiro atoms. The molecule has 1 heterocycles. The monoisotopic (exact) mass is 227 g/mol. The van der Waals surface area contributed by atoms with Crippen LogP contribution in [0, 0.1) is 0 Å². The van der Waals surface area contributed by atoms with Gasteiger partial charge in [0.05, 0.1) is 5.69 Å². The number of aromatic nitrogens is 1. The molecule has 0 unspecified atom stereocenters. The molecule has 1 aromatic heterocycles. The third-order valence-electron chi connectivity index (χ3n) is 2.57. The van der Waals surface area contributed by atoms with Crippen molar-refractivity contribution in [3.05, 3.63) is 59.9 Å². The standard InChI is InChI=1S/C14H17N3/c1-17(10-12-5-3-2-4-6-12)11-14-9-13(15)7-8-16-14/h2-9H,10-11H2,1H3,(H2,15,16). The van der Waals surface area contributed by atoms with Crippen LogP contribution in [0.3, 0.4) is 0 Å². The Bertz CT molecular complexity index is 468. The van der Waals surface area contributed by atoms with Crippen molar-refractivity contribution in [3.63, 3.8) is 0 Å². The van der Waals surface area contributed by atoms with E-state index < -0.39 is 0 Å². The second-order valence-electron chi connectivity index (χ2n) is 4.24. The Hall–Kier alpha value is -1.87. The zero-order chi connectivity index (χ0) is 12.1. The third-order valence-corrected chi connectivity index (χ3v) is 2.57. The Labute approximate surface area is 102 Å². The zero-order valence-corrected chi connectivity index (χ0v) is 10.0. The molecule has 2 aromatic rings. The van der Waals surface area contributed by atoms with Crippen LogP contribution in [-0.2, 0) is 13.1 Å². The summed E-state index contributed by atoms with van der Waals surface area (Å²) in [7, 11) is 2.08. The number of nitrogens with two attached hydrogens (primary N) is 1. The van der Waals surface area contributed by atoms with Crippen molar-refractivity contribution in [2.45, 2.75) is 13.1 Å². The topological polar surface area (TPSA) is 42.1 Å². The molecule has 88 valence electrons. The lowest BCUT2D eigenvalue weighted by Gasteiger charge is -2.16. The van der Waals surface area contributed by atoms with Crippen molar-refractivity contribution < 1.29 is 0 Å². The zero-order valence-electron chi connectivity index (χ0n) is 10.0. The number of hydrogen-bond donors (Lipinski definition) is 1. The van der Waals surface area contributed by atoms with Crippen LogP contribution in [0.15, 0.2) is 48.7 Å². The molecule has 17 heavy (non-hydrogen) atoms. The van der Waals surface area contributed by atoms with Crippen molar-refractivity contribution >= 4 is 5.69 Å². The van der Waals surface area contributed by atoms with Crippen LogP contribution in [0.25, 0.3) is 0 Å². The Morgan fingerprint density at radius 1 is 1.12 bits per heavy atom. The van der Waals surface area contributed by atoms with Crippen LogP contribution in [0.4, 0.5) is 5.69 Å². The lowest BCUT2D eigenvalue weighted by atomic mass is 10.2. The van der Waals surface area contributed by atoms with Crippen LogP contribution in [0.2, 0.25) is 0 Å². The second-order valence-corrected chi connectivity index (χ2v) is 4.24. The first-order valence-corrected chi connectivity index (χ1v) is 5.67. The highest BCUT2D eigenvalue weighted by Gasteiger charge is 2.02. The SMILES string of the molecule is CN(Cc1ccccc1)Cc1cc(N)ccn1. The largest absolute Gasteiger partial charge is 0.399 e. The predicted octanol–water partition coefficient (Wildman–Crippen LogP) is 2.30. The van der Waals surface area contributed by atoms with Gasteiger partial charge in [-0.2, -0.15) is 0 Å². The number of nitrogens with zero attached hydrogens (tertiary/aromatic N) is 2. The highest BCUT2D eigenvalue weighted by Crippen LogP contribution is 2.08. The van der Waals surface area contributed by atoms with Crippen molar-refractivity contribution in [2.24, 2.45) is 0 Å². The fourth-order valence-corrected chi connectivity index (χ4v) is 1.81. The normalized spacial score (nSPS) is 10.7. The van der Waals surface area contributed by atoms with Gasteiger partial charge in [-0.25, -0.2) is 0 Å². The van der Waals surface area contributed by atoms with E-state index in [4.69, 9.17) is 5.73 Å². The minimum absolute atomic E-state index is 0.767. The summed E-state index contributed by atoms with van der Waals surface area (Å²) >= 11 is 0. The van der Waals surface area contributed by atoms with Crippen LogP contribution in [-0.4, -0.2) is 16.9 Å². The molecule has 2 N–H and O–H groups in total. The molecule has 0 fully saturated rings. The molecule has 0 saturated heterocycles. The van der Waals surface area contributed by atoms with E-state index in [1.165, 1.54) is 5.56 Å². The van der Waals surface area contributed by atoms with Crippen LogP contribution in [0.5, 0.6) is 0 Å². The molecule has 0 atom stereocenters. The first-order valence-electron chi connectivity index (χ1n) is 5.67. The molecule has 0 saturated carbocycles. The molecule has 0 bridgehead atoms. The molecule has 1 aromatic carbocycles. The molecular formula is C14H17N3.